The van der Waals surface area contributed by atoms with Gasteiger partial charge in [0, 0.05) is 17.4 Å². The molecule has 1 aliphatic rings. The molecule has 1 saturated carbocycles. The number of hydrazine groups is 1. The Morgan fingerprint density at radius 3 is 2.88 bits per heavy atom. The van der Waals surface area contributed by atoms with Crippen molar-refractivity contribution in [3.63, 3.8) is 0 Å². The number of halogens is 1. The molecule has 2 aromatic rings. The Labute approximate surface area is 156 Å². The highest BCUT2D eigenvalue weighted by Gasteiger charge is 2.45. The number of hydrogen-bond acceptors (Lipinski definition) is 4. The molecule has 0 saturated heterocycles. The third-order valence-electron chi connectivity index (χ3n) is 4.30. The van der Waals surface area contributed by atoms with E-state index in [4.69, 9.17) is 20.8 Å². The third-order valence-corrected chi connectivity index (χ3v) is 4.54. The van der Waals surface area contributed by atoms with Crippen LogP contribution in [0.1, 0.15) is 36.5 Å². The van der Waals surface area contributed by atoms with Crippen LogP contribution in [-0.2, 0) is 9.59 Å². The third kappa shape index (κ3) is 4.79. The molecule has 26 heavy (non-hydrogen) atoms. The fourth-order valence-electron chi connectivity index (χ4n) is 2.78. The van der Waals surface area contributed by atoms with E-state index in [1.165, 1.54) is 0 Å². The highest BCUT2D eigenvalue weighted by Crippen LogP contribution is 2.47. The second kappa shape index (κ2) is 8.27. The lowest BCUT2D eigenvalue weighted by Crippen LogP contribution is -2.42. The lowest BCUT2D eigenvalue weighted by atomic mass is 10.2. The standard InChI is InChI=1S/C19H21ClN2O4/c1-12-10-13(20)6-7-16(12)25-9-3-5-18(23)21-22-19(24)15-11-14(15)17-4-2-8-26-17/h2,4,6-8,10,14-15H,3,5,9,11H2,1H3,(H,21,23)(H,22,24). The van der Waals surface area contributed by atoms with Crippen LogP contribution in [0.3, 0.4) is 0 Å². The van der Waals surface area contributed by atoms with Gasteiger partial charge in [-0.05, 0) is 55.7 Å². The monoisotopic (exact) mass is 376 g/mol. The minimum Gasteiger partial charge on any atom is -0.493 e. The summed E-state index contributed by atoms with van der Waals surface area (Å²) in [5, 5.41) is 0.662. The molecule has 1 fully saturated rings. The van der Waals surface area contributed by atoms with Crippen molar-refractivity contribution in [2.45, 2.75) is 32.1 Å². The summed E-state index contributed by atoms with van der Waals surface area (Å²) in [5.41, 5.74) is 5.87. The molecule has 0 radical (unpaired) electrons. The number of rotatable bonds is 7. The van der Waals surface area contributed by atoms with Gasteiger partial charge in [0.2, 0.25) is 11.8 Å². The zero-order valence-electron chi connectivity index (χ0n) is 14.5. The number of hydrogen-bond donors (Lipinski definition) is 2. The molecule has 2 unspecified atom stereocenters. The summed E-state index contributed by atoms with van der Waals surface area (Å²) in [4.78, 5) is 23.8. The summed E-state index contributed by atoms with van der Waals surface area (Å²) < 4.78 is 10.9. The zero-order chi connectivity index (χ0) is 18.5. The summed E-state index contributed by atoms with van der Waals surface area (Å²) in [5.74, 6) is 1.10. The Morgan fingerprint density at radius 1 is 1.31 bits per heavy atom. The molecule has 1 aromatic heterocycles. The topological polar surface area (TPSA) is 80.6 Å². The summed E-state index contributed by atoms with van der Waals surface area (Å²) in [6.45, 7) is 2.32. The van der Waals surface area contributed by atoms with Crippen LogP contribution >= 0.6 is 11.6 Å². The van der Waals surface area contributed by atoms with Crippen LogP contribution in [0, 0.1) is 12.8 Å². The van der Waals surface area contributed by atoms with Crippen molar-refractivity contribution in [3.8, 4) is 5.75 Å². The molecule has 2 amide bonds. The molecule has 0 spiro atoms. The van der Waals surface area contributed by atoms with E-state index in [1.807, 2.05) is 25.1 Å². The molecule has 6 nitrogen and oxygen atoms in total. The van der Waals surface area contributed by atoms with Crippen molar-refractivity contribution in [3.05, 3.63) is 52.9 Å². The normalized spacial score (nSPS) is 18.2. The lowest BCUT2D eigenvalue weighted by molar-refractivity contribution is -0.129. The van der Waals surface area contributed by atoms with E-state index in [0.29, 0.717) is 18.1 Å². The molecule has 0 aliphatic heterocycles. The fourth-order valence-corrected chi connectivity index (χ4v) is 3.00. The van der Waals surface area contributed by atoms with Crippen molar-refractivity contribution in [1.82, 2.24) is 10.9 Å². The molecule has 0 bridgehead atoms. The first-order valence-corrected chi connectivity index (χ1v) is 8.93. The van der Waals surface area contributed by atoms with Crippen LogP contribution in [0.25, 0.3) is 0 Å². The average molecular weight is 377 g/mol. The van der Waals surface area contributed by atoms with Crippen molar-refractivity contribution in [2.24, 2.45) is 5.92 Å². The predicted molar refractivity (Wildman–Crippen MR) is 96.8 cm³/mol. The molecule has 3 rings (SSSR count). The van der Waals surface area contributed by atoms with Gasteiger partial charge < -0.3 is 9.15 Å². The quantitative estimate of drug-likeness (QED) is 0.573. The van der Waals surface area contributed by atoms with Crippen molar-refractivity contribution in [1.29, 1.82) is 0 Å². The fraction of sp³-hybridized carbons (Fsp3) is 0.368. The van der Waals surface area contributed by atoms with Crippen LogP contribution in [0.2, 0.25) is 5.02 Å². The number of furan rings is 1. The second-order valence-electron chi connectivity index (χ2n) is 6.36. The van der Waals surface area contributed by atoms with Gasteiger partial charge >= 0.3 is 0 Å². The van der Waals surface area contributed by atoms with Crippen LogP contribution in [0.15, 0.2) is 41.0 Å². The number of nitrogens with one attached hydrogen (secondary N) is 2. The molecule has 1 heterocycles. The Morgan fingerprint density at radius 2 is 2.15 bits per heavy atom. The first-order valence-electron chi connectivity index (χ1n) is 8.55. The SMILES string of the molecule is Cc1cc(Cl)ccc1OCCCC(=O)NNC(=O)C1CC1c1ccco1. The van der Waals surface area contributed by atoms with Gasteiger partial charge in [0.25, 0.3) is 0 Å². The highest BCUT2D eigenvalue weighted by molar-refractivity contribution is 6.30. The maximum atomic E-state index is 12.0. The van der Waals surface area contributed by atoms with Gasteiger partial charge in [0.1, 0.15) is 11.5 Å². The van der Waals surface area contributed by atoms with Gasteiger partial charge in [-0.2, -0.15) is 0 Å². The summed E-state index contributed by atoms with van der Waals surface area (Å²) in [7, 11) is 0. The van der Waals surface area contributed by atoms with E-state index in [9.17, 15) is 9.59 Å². The number of ether oxygens (including phenoxy) is 1. The smallest absolute Gasteiger partial charge is 0.242 e. The molecule has 1 aromatic carbocycles. The minimum atomic E-state index is -0.245. The number of carbonyl (C=O) groups is 2. The largest absolute Gasteiger partial charge is 0.493 e. The predicted octanol–water partition coefficient (Wildman–Crippen LogP) is 3.35. The first-order chi connectivity index (χ1) is 12.5. The van der Waals surface area contributed by atoms with Crippen molar-refractivity contribution in [2.75, 3.05) is 6.61 Å². The van der Waals surface area contributed by atoms with Gasteiger partial charge in [0.15, 0.2) is 0 Å². The zero-order valence-corrected chi connectivity index (χ0v) is 15.2. The van der Waals surface area contributed by atoms with E-state index in [2.05, 4.69) is 10.9 Å². The van der Waals surface area contributed by atoms with Crippen molar-refractivity contribution < 1.29 is 18.7 Å². The van der Waals surface area contributed by atoms with Gasteiger partial charge in [0.05, 0.1) is 18.8 Å². The van der Waals surface area contributed by atoms with Crippen LogP contribution < -0.4 is 15.6 Å². The Kier molecular flexibility index (Phi) is 5.83. The van der Waals surface area contributed by atoms with Crippen LogP contribution in [0.5, 0.6) is 5.75 Å². The first kappa shape index (κ1) is 18.3. The van der Waals surface area contributed by atoms with E-state index < -0.39 is 0 Å². The molecule has 138 valence electrons. The number of aryl methyl sites for hydroxylation is 1. The van der Waals surface area contributed by atoms with Crippen molar-refractivity contribution >= 4 is 23.4 Å². The van der Waals surface area contributed by atoms with E-state index in [0.717, 1.165) is 23.5 Å². The van der Waals surface area contributed by atoms with Crippen LogP contribution in [-0.4, -0.2) is 18.4 Å². The number of carbonyl (C=O) groups excluding carboxylic acids is 2. The molecular weight excluding hydrogens is 356 g/mol. The molecule has 2 N–H and O–H groups in total. The summed E-state index contributed by atoms with van der Waals surface area (Å²) in [6.07, 6.45) is 3.14. The van der Waals surface area contributed by atoms with Gasteiger partial charge in [-0.15, -0.1) is 0 Å². The van der Waals surface area contributed by atoms with Crippen LogP contribution in [0.4, 0.5) is 0 Å². The lowest BCUT2D eigenvalue weighted by Gasteiger charge is -2.10. The van der Waals surface area contributed by atoms with E-state index in [-0.39, 0.29) is 30.1 Å². The highest BCUT2D eigenvalue weighted by atomic mass is 35.5. The van der Waals surface area contributed by atoms with Gasteiger partial charge in [-0.3, -0.25) is 20.4 Å². The maximum Gasteiger partial charge on any atom is 0.242 e. The molecular formula is C19H21ClN2O4. The Bertz CT molecular complexity index is 776. The summed E-state index contributed by atoms with van der Waals surface area (Å²) >= 11 is 5.90. The number of amides is 2. The Hall–Kier alpha value is -2.47. The minimum absolute atomic E-state index is 0.109. The summed E-state index contributed by atoms with van der Waals surface area (Å²) in [6, 6.07) is 9.06. The molecule has 1 aliphatic carbocycles. The molecule has 7 heteroatoms. The average Bonchev–Trinajstić information content (AvgIpc) is 3.23. The van der Waals surface area contributed by atoms with Gasteiger partial charge in [-0.25, -0.2) is 0 Å². The second-order valence-corrected chi connectivity index (χ2v) is 6.80. The van der Waals surface area contributed by atoms with E-state index in [1.54, 1.807) is 18.4 Å². The van der Waals surface area contributed by atoms with Gasteiger partial charge in [-0.1, -0.05) is 11.6 Å². The molecule has 2 atom stereocenters. The maximum absolute atomic E-state index is 12.0. The van der Waals surface area contributed by atoms with E-state index >= 15 is 0 Å². The number of benzene rings is 1. The Balaban J connectivity index is 1.30.